The average molecular weight is 438 g/mol. The smallest absolute Gasteiger partial charge is 0.230 e. The largest absolute Gasteiger partial charge is 0.481 e. The van der Waals surface area contributed by atoms with Crippen LogP contribution in [0.3, 0.4) is 0 Å². The summed E-state index contributed by atoms with van der Waals surface area (Å²) in [6.45, 7) is 4.15. The molecule has 1 aliphatic heterocycles. The van der Waals surface area contributed by atoms with Crippen molar-refractivity contribution in [1.29, 1.82) is 0 Å². The number of thiol groups is 1. The fraction of sp³-hybridized carbons (Fsp3) is 0.632. The van der Waals surface area contributed by atoms with Gasteiger partial charge in [0.1, 0.15) is 5.82 Å². The van der Waals surface area contributed by atoms with E-state index in [0.717, 1.165) is 25.7 Å². The Labute approximate surface area is 180 Å². The van der Waals surface area contributed by atoms with Crippen LogP contribution in [0.25, 0.3) is 0 Å². The summed E-state index contributed by atoms with van der Waals surface area (Å²) in [5.41, 5.74) is 0.608. The quantitative estimate of drug-likeness (QED) is 0.438. The summed E-state index contributed by atoms with van der Waals surface area (Å²) in [5, 5.41) is 19.2. The minimum Gasteiger partial charge on any atom is -0.481 e. The van der Waals surface area contributed by atoms with Crippen LogP contribution in [0.1, 0.15) is 45.2 Å². The Bertz CT molecular complexity index is 835. The minimum absolute atomic E-state index is 0.0993. The average Bonchev–Trinajstić information content (AvgIpc) is 3.24. The summed E-state index contributed by atoms with van der Waals surface area (Å²) < 4.78 is 19.2. The number of aliphatic hydroxyl groups excluding tert-OH is 1. The van der Waals surface area contributed by atoms with Crippen molar-refractivity contribution in [2.45, 2.75) is 64.3 Å². The summed E-state index contributed by atoms with van der Waals surface area (Å²) in [7, 11) is 3.56. The Hall–Kier alpha value is -2.24. The van der Waals surface area contributed by atoms with Gasteiger partial charge in [-0.25, -0.2) is 8.51 Å². The lowest BCUT2D eigenvalue weighted by molar-refractivity contribution is 0.164. The molecule has 2 aromatic heterocycles. The number of ether oxygens (including phenoxy) is 1. The predicted octanol–water partition coefficient (Wildman–Crippen LogP) is 1.76. The van der Waals surface area contributed by atoms with Crippen molar-refractivity contribution < 1.29 is 14.1 Å². The van der Waals surface area contributed by atoms with E-state index in [2.05, 4.69) is 48.5 Å². The number of hydrogen-bond acceptors (Lipinski definition) is 8. The third-order valence-electron chi connectivity index (χ3n) is 5.69. The molecule has 2 aromatic rings. The molecule has 1 fully saturated rings. The SMILES string of the molecule is CCC1CC(N(C)c2nc(Nc3cc(CO)[nH]n3)cc(OC)n2)C[C@H](CC)N1[SH]=O. The van der Waals surface area contributed by atoms with Gasteiger partial charge in [0.05, 0.1) is 31.3 Å². The molecule has 3 atom stereocenters. The molecule has 2 unspecified atom stereocenters. The number of anilines is 3. The molecular weight excluding hydrogens is 406 g/mol. The summed E-state index contributed by atoms with van der Waals surface area (Å²) >= 11 is 0.0993. The highest BCUT2D eigenvalue weighted by Gasteiger charge is 2.36. The molecule has 0 bridgehead atoms. The Morgan fingerprint density at radius 1 is 1.27 bits per heavy atom. The first kappa shape index (κ1) is 22.4. The van der Waals surface area contributed by atoms with E-state index in [1.165, 1.54) is 0 Å². The highest BCUT2D eigenvalue weighted by molar-refractivity contribution is 7.63. The van der Waals surface area contributed by atoms with Crippen molar-refractivity contribution >= 4 is 29.4 Å². The molecule has 3 N–H and O–H groups in total. The molecule has 0 aliphatic carbocycles. The van der Waals surface area contributed by atoms with Gasteiger partial charge < -0.3 is 20.1 Å². The van der Waals surface area contributed by atoms with Gasteiger partial charge in [-0.05, 0) is 25.7 Å². The highest BCUT2D eigenvalue weighted by atomic mass is 32.2. The number of piperidine rings is 1. The molecule has 0 radical (unpaired) electrons. The van der Waals surface area contributed by atoms with Crippen molar-refractivity contribution in [3.63, 3.8) is 0 Å². The van der Waals surface area contributed by atoms with Crippen LogP contribution in [-0.2, 0) is 18.5 Å². The second kappa shape index (κ2) is 10.2. The first-order chi connectivity index (χ1) is 14.5. The minimum atomic E-state index is -0.117. The zero-order chi connectivity index (χ0) is 21.7. The third-order valence-corrected chi connectivity index (χ3v) is 6.54. The maximum absolute atomic E-state index is 11.7. The molecular formula is C19H31N7O3S. The van der Waals surface area contributed by atoms with Crippen LogP contribution in [0.4, 0.5) is 17.6 Å². The van der Waals surface area contributed by atoms with E-state index in [9.17, 15) is 9.32 Å². The van der Waals surface area contributed by atoms with E-state index in [0.29, 0.717) is 29.2 Å². The molecule has 1 saturated heterocycles. The predicted molar refractivity (Wildman–Crippen MR) is 117 cm³/mol. The van der Waals surface area contributed by atoms with Crippen LogP contribution in [0.2, 0.25) is 0 Å². The van der Waals surface area contributed by atoms with Gasteiger partial charge in [-0.1, -0.05) is 13.8 Å². The fourth-order valence-electron chi connectivity index (χ4n) is 3.94. The van der Waals surface area contributed by atoms with Gasteiger partial charge in [-0.15, -0.1) is 0 Å². The first-order valence-electron chi connectivity index (χ1n) is 10.2. The number of methoxy groups -OCH3 is 1. The molecule has 166 valence electrons. The van der Waals surface area contributed by atoms with Crippen LogP contribution in [0, 0.1) is 0 Å². The number of nitrogens with zero attached hydrogens (tertiary/aromatic N) is 5. The van der Waals surface area contributed by atoms with Crippen LogP contribution < -0.4 is 15.0 Å². The van der Waals surface area contributed by atoms with E-state index < -0.39 is 0 Å². The number of nitrogens with one attached hydrogen (secondary N) is 2. The molecule has 3 rings (SSSR count). The molecule has 1 aliphatic rings. The molecule has 30 heavy (non-hydrogen) atoms. The van der Waals surface area contributed by atoms with E-state index in [-0.39, 0.29) is 36.6 Å². The molecule has 0 saturated carbocycles. The maximum atomic E-state index is 11.7. The van der Waals surface area contributed by atoms with Gasteiger partial charge in [0.15, 0.2) is 5.82 Å². The Balaban J connectivity index is 1.83. The van der Waals surface area contributed by atoms with E-state index >= 15 is 0 Å². The van der Waals surface area contributed by atoms with E-state index in [4.69, 9.17) is 4.74 Å². The lowest BCUT2D eigenvalue weighted by Crippen LogP contribution is -2.52. The summed E-state index contributed by atoms with van der Waals surface area (Å²) in [5.74, 6) is 2.10. The van der Waals surface area contributed by atoms with Crippen molar-refractivity contribution in [3.8, 4) is 5.88 Å². The molecule has 0 aromatic carbocycles. The van der Waals surface area contributed by atoms with E-state index in [1.807, 2.05) is 7.05 Å². The van der Waals surface area contributed by atoms with Crippen molar-refractivity contribution in [1.82, 2.24) is 24.5 Å². The van der Waals surface area contributed by atoms with Crippen molar-refractivity contribution in [2.75, 3.05) is 24.4 Å². The standard InChI is InChI=1S/C19H31N7O3S/c1-5-13-8-15(9-14(6-2)26(13)30-28)25(3)19-21-16(10-18(22-19)29-4)20-17-7-12(11-27)23-24-17/h7,10,13-15,27,30H,5-6,8-9,11H2,1-4H3,(H2,20,21,22,23,24)/t13-,14?,15?/m0/s1. The van der Waals surface area contributed by atoms with Gasteiger partial charge in [-0.2, -0.15) is 15.1 Å². The zero-order valence-corrected chi connectivity index (χ0v) is 18.8. The van der Waals surface area contributed by atoms with Gasteiger partial charge in [-0.3, -0.25) is 5.10 Å². The Kier molecular flexibility index (Phi) is 7.62. The Morgan fingerprint density at radius 3 is 2.50 bits per heavy atom. The molecule has 11 heteroatoms. The second-order valence-corrected chi connectivity index (χ2v) is 8.10. The topological polar surface area (TPSA) is 120 Å². The number of rotatable bonds is 9. The number of aromatic nitrogens is 4. The third kappa shape index (κ3) is 4.90. The van der Waals surface area contributed by atoms with Crippen molar-refractivity contribution in [3.05, 3.63) is 17.8 Å². The summed E-state index contributed by atoms with van der Waals surface area (Å²) in [4.78, 5) is 11.3. The van der Waals surface area contributed by atoms with E-state index in [1.54, 1.807) is 19.2 Å². The summed E-state index contributed by atoms with van der Waals surface area (Å²) in [6, 6.07) is 4.14. The first-order valence-corrected chi connectivity index (χ1v) is 11.0. The van der Waals surface area contributed by atoms with Crippen LogP contribution in [-0.4, -0.2) is 66.1 Å². The Morgan fingerprint density at radius 2 is 1.97 bits per heavy atom. The monoisotopic (exact) mass is 437 g/mol. The van der Waals surface area contributed by atoms with Crippen LogP contribution in [0.5, 0.6) is 5.88 Å². The van der Waals surface area contributed by atoms with Gasteiger partial charge in [0.2, 0.25) is 11.8 Å². The molecule has 0 amide bonds. The molecule has 10 nitrogen and oxygen atoms in total. The summed E-state index contributed by atoms with van der Waals surface area (Å²) in [6.07, 6.45) is 3.66. The van der Waals surface area contributed by atoms with Crippen molar-refractivity contribution in [2.24, 2.45) is 0 Å². The number of H-pyrrole nitrogens is 1. The zero-order valence-electron chi connectivity index (χ0n) is 17.9. The van der Waals surface area contributed by atoms with Gasteiger partial charge in [0, 0.05) is 37.3 Å². The lowest BCUT2D eigenvalue weighted by atomic mass is 9.90. The normalized spacial score (nSPS) is 22.1. The molecule has 0 spiro atoms. The fourth-order valence-corrected chi connectivity index (χ4v) is 4.72. The number of aliphatic hydroxyl groups is 1. The van der Waals surface area contributed by atoms with Crippen LogP contribution in [0.15, 0.2) is 12.1 Å². The number of hydrogen-bond donors (Lipinski definition) is 4. The molecule has 3 heterocycles. The number of aromatic amines is 1. The lowest BCUT2D eigenvalue weighted by Gasteiger charge is -2.44. The maximum Gasteiger partial charge on any atom is 0.230 e. The highest BCUT2D eigenvalue weighted by Crippen LogP contribution is 2.31. The second-order valence-electron chi connectivity index (χ2n) is 7.48. The van der Waals surface area contributed by atoms with Gasteiger partial charge in [0.25, 0.3) is 0 Å². The van der Waals surface area contributed by atoms with Crippen LogP contribution >= 0.6 is 0 Å². The van der Waals surface area contributed by atoms with Gasteiger partial charge >= 0.3 is 0 Å².